The molecule has 1 rings (SSSR count). The SMILES string of the molecule is [CH-]1CCCC1.[CH3-].[Cl-].[Cl-].[Ti+4]. The van der Waals surface area contributed by atoms with Gasteiger partial charge in [0.05, 0.1) is 0 Å². The van der Waals surface area contributed by atoms with Crippen LogP contribution in [0.2, 0.25) is 0 Å². The predicted octanol–water partition coefficient (Wildman–Crippen LogP) is -3.78. The zero-order chi connectivity index (χ0) is 3.54. The second-order valence-electron chi connectivity index (χ2n) is 1.57. The van der Waals surface area contributed by atoms with Gasteiger partial charge in [-0.1, -0.05) is 12.8 Å². The van der Waals surface area contributed by atoms with Crippen molar-refractivity contribution < 1.29 is 46.5 Å². The van der Waals surface area contributed by atoms with Gasteiger partial charge in [0.2, 0.25) is 0 Å². The van der Waals surface area contributed by atoms with Crippen molar-refractivity contribution in [2.24, 2.45) is 0 Å². The second-order valence-corrected chi connectivity index (χ2v) is 1.57. The van der Waals surface area contributed by atoms with Gasteiger partial charge in [-0.3, -0.25) is 0 Å². The Kier molecular flexibility index (Phi) is 40.3. The summed E-state index contributed by atoms with van der Waals surface area (Å²) in [5, 5.41) is 0. The third-order valence-electron chi connectivity index (χ3n) is 1.07. The van der Waals surface area contributed by atoms with Gasteiger partial charge >= 0.3 is 21.7 Å². The van der Waals surface area contributed by atoms with Crippen molar-refractivity contribution in [3.05, 3.63) is 13.8 Å². The van der Waals surface area contributed by atoms with E-state index in [1.165, 1.54) is 25.7 Å². The van der Waals surface area contributed by atoms with E-state index in [0.717, 1.165) is 0 Å². The summed E-state index contributed by atoms with van der Waals surface area (Å²) in [7, 11) is 0. The van der Waals surface area contributed by atoms with Crippen LogP contribution in [0.4, 0.5) is 0 Å². The van der Waals surface area contributed by atoms with E-state index in [2.05, 4.69) is 6.42 Å². The number of hydrogen-bond acceptors (Lipinski definition) is 0. The molecule has 0 unspecified atom stereocenters. The van der Waals surface area contributed by atoms with Gasteiger partial charge in [-0.2, -0.15) is 12.8 Å². The van der Waals surface area contributed by atoms with Crippen LogP contribution >= 0.6 is 0 Å². The van der Waals surface area contributed by atoms with E-state index in [1.807, 2.05) is 0 Å². The molecule has 0 aromatic rings. The second kappa shape index (κ2) is 16.1. The maximum Gasteiger partial charge on any atom is 4.00 e. The fourth-order valence-corrected chi connectivity index (χ4v) is 0.722. The standard InChI is InChI=1S/C5H9.CH3.2ClH.Ti/c1-2-4-5-3-1;;;;/h1H,2-5H2;1H3;2*1H;/q2*-1;;;+4/p-2. The topological polar surface area (TPSA) is 0 Å². The average Bonchev–Trinajstić information content (AvgIpc) is 1.76. The Bertz CT molecular complexity index is 22.6. The van der Waals surface area contributed by atoms with Crippen molar-refractivity contribution in [3.8, 4) is 0 Å². The van der Waals surface area contributed by atoms with Gasteiger partial charge in [0.25, 0.3) is 0 Å². The molecular formula is C6H12Cl2Ti. The van der Waals surface area contributed by atoms with E-state index in [-0.39, 0.29) is 54.0 Å². The molecule has 0 aromatic carbocycles. The third kappa shape index (κ3) is 12.5. The van der Waals surface area contributed by atoms with Crippen molar-refractivity contribution >= 4 is 0 Å². The Balaban J connectivity index is -0.0000000312. The molecule has 1 aliphatic carbocycles. The van der Waals surface area contributed by atoms with Crippen molar-refractivity contribution in [2.75, 3.05) is 0 Å². The van der Waals surface area contributed by atoms with Crippen LogP contribution in [0.1, 0.15) is 25.7 Å². The summed E-state index contributed by atoms with van der Waals surface area (Å²) in [6, 6.07) is 0. The molecule has 0 aliphatic heterocycles. The van der Waals surface area contributed by atoms with E-state index in [4.69, 9.17) is 0 Å². The minimum Gasteiger partial charge on any atom is -1.00 e. The normalized spacial score (nSPS) is 13.3. The summed E-state index contributed by atoms with van der Waals surface area (Å²) in [5.41, 5.74) is 0. The minimum atomic E-state index is 0. The molecule has 0 aromatic heterocycles. The maximum absolute atomic E-state index is 2.36. The Labute approximate surface area is 85.9 Å². The molecule has 0 nitrogen and oxygen atoms in total. The number of rotatable bonds is 0. The van der Waals surface area contributed by atoms with Crippen LogP contribution in [0, 0.1) is 13.8 Å². The Morgan fingerprint density at radius 2 is 1.22 bits per heavy atom. The molecule has 0 amide bonds. The molecule has 0 N–H and O–H groups in total. The molecule has 3 heteroatoms. The van der Waals surface area contributed by atoms with Crippen LogP contribution in [0.15, 0.2) is 0 Å². The fraction of sp³-hybridized carbons (Fsp3) is 0.667. The van der Waals surface area contributed by atoms with E-state index in [0.29, 0.717) is 0 Å². The summed E-state index contributed by atoms with van der Waals surface area (Å²) in [4.78, 5) is 0. The first-order valence-corrected chi connectivity index (χ1v) is 2.32. The van der Waals surface area contributed by atoms with Crippen LogP contribution in [-0.4, -0.2) is 0 Å². The first-order valence-electron chi connectivity index (χ1n) is 2.32. The summed E-state index contributed by atoms with van der Waals surface area (Å²) < 4.78 is 0. The van der Waals surface area contributed by atoms with Gasteiger partial charge in [-0.05, 0) is 0 Å². The molecule has 0 saturated heterocycles. The first-order chi connectivity index (χ1) is 2.50. The molecule has 9 heavy (non-hydrogen) atoms. The molecule has 54 valence electrons. The van der Waals surface area contributed by atoms with E-state index in [1.54, 1.807) is 0 Å². The molecule has 0 radical (unpaired) electrons. The zero-order valence-corrected chi connectivity index (χ0v) is 8.74. The van der Waals surface area contributed by atoms with Gasteiger partial charge in [-0.15, -0.1) is 0 Å². The molecule has 0 heterocycles. The van der Waals surface area contributed by atoms with Crippen molar-refractivity contribution in [3.63, 3.8) is 0 Å². The van der Waals surface area contributed by atoms with E-state index >= 15 is 0 Å². The first kappa shape index (κ1) is 22.4. The van der Waals surface area contributed by atoms with E-state index in [9.17, 15) is 0 Å². The molecule has 1 saturated carbocycles. The molecule has 0 atom stereocenters. The van der Waals surface area contributed by atoms with Gasteiger partial charge in [0.15, 0.2) is 0 Å². The minimum absolute atomic E-state index is 0. The van der Waals surface area contributed by atoms with Gasteiger partial charge in [0, 0.05) is 0 Å². The van der Waals surface area contributed by atoms with Crippen LogP contribution in [0.25, 0.3) is 0 Å². The predicted molar refractivity (Wildman–Crippen MR) is 29.2 cm³/mol. The van der Waals surface area contributed by atoms with Crippen molar-refractivity contribution in [1.82, 2.24) is 0 Å². The van der Waals surface area contributed by atoms with Crippen LogP contribution in [0.3, 0.4) is 0 Å². The molecule has 1 fully saturated rings. The van der Waals surface area contributed by atoms with Gasteiger partial charge in [-0.25, -0.2) is 0 Å². The van der Waals surface area contributed by atoms with Crippen molar-refractivity contribution in [2.45, 2.75) is 25.7 Å². The molecule has 1 aliphatic rings. The summed E-state index contributed by atoms with van der Waals surface area (Å²) >= 11 is 0. The van der Waals surface area contributed by atoms with Gasteiger partial charge in [0.1, 0.15) is 0 Å². The number of halogens is 2. The summed E-state index contributed by atoms with van der Waals surface area (Å²) in [6.07, 6.45) is 8.00. The average molecular weight is 203 g/mol. The van der Waals surface area contributed by atoms with Crippen LogP contribution < -0.4 is 24.8 Å². The summed E-state index contributed by atoms with van der Waals surface area (Å²) in [5.74, 6) is 0. The van der Waals surface area contributed by atoms with Crippen LogP contribution in [0.5, 0.6) is 0 Å². The monoisotopic (exact) mass is 202 g/mol. The molecule has 0 spiro atoms. The third-order valence-corrected chi connectivity index (χ3v) is 1.07. The smallest absolute Gasteiger partial charge is 1.00 e. The zero-order valence-electron chi connectivity index (χ0n) is 5.66. The van der Waals surface area contributed by atoms with Gasteiger partial charge < -0.3 is 38.7 Å². The Hall–Kier alpha value is 1.29. The number of hydrogen-bond donors (Lipinski definition) is 0. The quantitative estimate of drug-likeness (QED) is 0.280. The molecular weight excluding hydrogens is 191 g/mol. The maximum atomic E-state index is 2.36. The Morgan fingerprint density at radius 1 is 0.889 bits per heavy atom. The van der Waals surface area contributed by atoms with Crippen molar-refractivity contribution in [1.29, 1.82) is 0 Å². The summed E-state index contributed by atoms with van der Waals surface area (Å²) in [6.45, 7) is 0. The Morgan fingerprint density at radius 3 is 1.33 bits per heavy atom. The van der Waals surface area contributed by atoms with E-state index < -0.39 is 0 Å². The molecule has 0 bridgehead atoms. The van der Waals surface area contributed by atoms with Crippen LogP contribution in [-0.2, 0) is 21.7 Å². The largest absolute Gasteiger partial charge is 4.00 e. The fourth-order valence-electron chi connectivity index (χ4n) is 0.722.